The molecule has 5 nitrogen and oxygen atoms in total. The van der Waals surface area contributed by atoms with E-state index in [0.29, 0.717) is 0 Å². The van der Waals surface area contributed by atoms with Gasteiger partial charge >= 0.3 is 0 Å². The first-order chi connectivity index (χ1) is 9.20. The first kappa shape index (κ1) is 13.3. The number of nitrogens with one attached hydrogen (secondary N) is 1. The maximum Gasteiger partial charge on any atom is 0.227 e. The Balaban J connectivity index is 2.01. The number of hydrogen-bond donors (Lipinski definition) is 1. The molecule has 5 heteroatoms. The highest BCUT2D eigenvalue weighted by Gasteiger charge is 2.11. The molecule has 0 aliphatic carbocycles. The SMILES string of the molecule is CCC[C@H](C)C(=O)Nc1ccc(-n2cncn2)cc1. The third kappa shape index (κ3) is 3.40. The highest BCUT2D eigenvalue weighted by molar-refractivity contribution is 5.92. The van der Waals surface area contributed by atoms with Crippen molar-refractivity contribution in [2.24, 2.45) is 5.92 Å². The standard InChI is InChI=1S/C14H18N4O/c1-3-4-11(2)14(19)17-12-5-7-13(8-6-12)18-10-15-9-16-18/h5-11H,3-4H2,1-2H3,(H,17,19)/t11-/m0/s1. The van der Waals surface area contributed by atoms with E-state index in [2.05, 4.69) is 22.3 Å². The van der Waals surface area contributed by atoms with Crippen molar-refractivity contribution < 1.29 is 4.79 Å². The van der Waals surface area contributed by atoms with Crippen LogP contribution in [-0.4, -0.2) is 20.7 Å². The number of carbonyl (C=O) groups excluding carboxylic acids is 1. The zero-order chi connectivity index (χ0) is 13.7. The van der Waals surface area contributed by atoms with Crippen molar-refractivity contribution in [1.29, 1.82) is 0 Å². The summed E-state index contributed by atoms with van der Waals surface area (Å²) in [5.41, 5.74) is 1.72. The van der Waals surface area contributed by atoms with Crippen LogP contribution in [0.5, 0.6) is 0 Å². The van der Waals surface area contributed by atoms with Crippen molar-refractivity contribution in [3.63, 3.8) is 0 Å². The fourth-order valence-corrected chi connectivity index (χ4v) is 1.87. The minimum Gasteiger partial charge on any atom is -0.326 e. The van der Waals surface area contributed by atoms with Crippen LogP contribution in [0.3, 0.4) is 0 Å². The summed E-state index contributed by atoms with van der Waals surface area (Å²) in [5.74, 6) is 0.107. The van der Waals surface area contributed by atoms with E-state index in [9.17, 15) is 4.79 Å². The second-order valence-electron chi connectivity index (χ2n) is 4.57. The van der Waals surface area contributed by atoms with Crippen molar-refractivity contribution >= 4 is 11.6 Å². The molecule has 2 aromatic rings. The monoisotopic (exact) mass is 258 g/mol. The Hall–Kier alpha value is -2.17. The number of nitrogens with zero attached hydrogens (tertiary/aromatic N) is 3. The quantitative estimate of drug-likeness (QED) is 0.896. The number of hydrogen-bond acceptors (Lipinski definition) is 3. The van der Waals surface area contributed by atoms with E-state index in [1.165, 1.54) is 6.33 Å². The summed E-state index contributed by atoms with van der Waals surface area (Å²) < 4.78 is 1.67. The molecule has 0 bridgehead atoms. The molecular weight excluding hydrogens is 240 g/mol. The van der Waals surface area contributed by atoms with Crippen LogP contribution in [0.1, 0.15) is 26.7 Å². The molecular formula is C14H18N4O. The van der Waals surface area contributed by atoms with E-state index in [1.54, 1.807) is 11.0 Å². The lowest BCUT2D eigenvalue weighted by atomic mass is 10.1. The molecule has 0 aliphatic heterocycles. The Morgan fingerprint density at radius 1 is 1.37 bits per heavy atom. The average molecular weight is 258 g/mol. The van der Waals surface area contributed by atoms with Gasteiger partial charge in [0.1, 0.15) is 12.7 Å². The third-order valence-electron chi connectivity index (χ3n) is 2.99. The van der Waals surface area contributed by atoms with E-state index < -0.39 is 0 Å². The second kappa shape index (κ2) is 6.13. The van der Waals surface area contributed by atoms with Gasteiger partial charge in [-0.25, -0.2) is 9.67 Å². The largest absolute Gasteiger partial charge is 0.326 e. The minimum absolute atomic E-state index is 0.0417. The summed E-state index contributed by atoms with van der Waals surface area (Å²) in [7, 11) is 0. The van der Waals surface area contributed by atoms with Crippen LogP contribution in [0, 0.1) is 5.92 Å². The van der Waals surface area contributed by atoms with Crippen LogP contribution in [-0.2, 0) is 4.79 Å². The molecule has 0 fully saturated rings. The lowest BCUT2D eigenvalue weighted by Crippen LogP contribution is -2.20. The Morgan fingerprint density at radius 2 is 2.11 bits per heavy atom. The van der Waals surface area contributed by atoms with Crippen LogP contribution in [0.4, 0.5) is 5.69 Å². The van der Waals surface area contributed by atoms with Gasteiger partial charge in [-0.15, -0.1) is 0 Å². The van der Waals surface area contributed by atoms with Crippen LogP contribution >= 0.6 is 0 Å². The minimum atomic E-state index is 0.0417. The Morgan fingerprint density at radius 3 is 2.68 bits per heavy atom. The molecule has 1 atom stereocenters. The smallest absolute Gasteiger partial charge is 0.227 e. The van der Waals surface area contributed by atoms with Gasteiger partial charge in [0, 0.05) is 11.6 Å². The van der Waals surface area contributed by atoms with Crippen molar-refractivity contribution in [3.05, 3.63) is 36.9 Å². The highest BCUT2D eigenvalue weighted by atomic mass is 16.1. The van der Waals surface area contributed by atoms with E-state index in [-0.39, 0.29) is 11.8 Å². The molecule has 0 unspecified atom stereocenters. The molecule has 0 spiro atoms. The number of carbonyl (C=O) groups is 1. The summed E-state index contributed by atoms with van der Waals surface area (Å²) in [6, 6.07) is 7.53. The first-order valence-electron chi connectivity index (χ1n) is 6.46. The van der Waals surface area contributed by atoms with E-state index >= 15 is 0 Å². The molecule has 0 aliphatic rings. The molecule has 19 heavy (non-hydrogen) atoms. The average Bonchev–Trinajstić information content (AvgIpc) is 2.94. The molecule has 0 saturated carbocycles. The fourth-order valence-electron chi connectivity index (χ4n) is 1.87. The fraction of sp³-hybridized carbons (Fsp3) is 0.357. The van der Waals surface area contributed by atoms with Gasteiger partial charge in [0.2, 0.25) is 5.91 Å². The molecule has 1 aromatic carbocycles. The number of benzene rings is 1. The summed E-state index contributed by atoms with van der Waals surface area (Å²) in [5, 5.41) is 6.96. The van der Waals surface area contributed by atoms with Gasteiger partial charge < -0.3 is 5.32 Å². The lowest BCUT2D eigenvalue weighted by molar-refractivity contribution is -0.119. The lowest BCUT2D eigenvalue weighted by Gasteiger charge is -2.11. The van der Waals surface area contributed by atoms with Gasteiger partial charge in [0.25, 0.3) is 0 Å². The van der Waals surface area contributed by atoms with E-state index in [1.807, 2.05) is 31.2 Å². The van der Waals surface area contributed by atoms with Crippen LogP contribution in [0.25, 0.3) is 5.69 Å². The number of rotatable bonds is 5. The molecule has 0 radical (unpaired) electrons. The Kier molecular flexibility index (Phi) is 4.28. The molecule has 1 aromatic heterocycles. The molecule has 0 saturated heterocycles. The highest BCUT2D eigenvalue weighted by Crippen LogP contribution is 2.14. The zero-order valence-corrected chi connectivity index (χ0v) is 11.2. The van der Waals surface area contributed by atoms with Crippen molar-refractivity contribution in [2.45, 2.75) is 26.7 Å². The third-order valence-corrected chi connectivity index (χ3v) is 2.99. The maximum atomic E-state index is 11.9. The Labute approximate surface area is 112 Å². The molecule has 1 amide bonds. The van der Waals surface area contributed by atoms with Crippen molar-refractivity contribution in [2.75, 3.05) is 5.32 Å². The number of aromatic nitrogens is 3. The van der Waals surface area contributed by atoms with Crippen molar-refractivity contribution in [3.8, 4) is 5.69 Å². The summed E-state index contributed by atoms with van der Waals surface area (Å²) in [6.45, 7) is 4.03. The van der Waals surface area contributed by atoms with Crippen molar-refractivity contribution in [1.82, 2.24) is 14.8 Å². The van der Waals surface area contributed by atoms with Gasteiger partial charge in [0.05, 0.1) is 5.69 Å². The maximum absolute atomic E-state index is 11.9. The number of anilines is 1. The summed E-state index contributed by atoms with van der Waals surface area (Å²) >= 11 is 0. The van der Waals surface area contributed by atoms with E-state index in [0.717, 1.165) is 24.2 Å². The molecule has 1 heterocycles. The first-order valence-corrected chi connectivity index (χ1v) is 6.46. The predicted molar refractivity (Wildman–Crippen MR) is 74.1 cm³/mol. The topological polar surface area (TPSA) is 59.8 Å². The molecule has 2 rings (SSSR count). The van der Waals surface area contributed by atoms with Crippen LogP contribution < -0.4 is 5.32 Å². The normalized spacial score (nSPS) is 12.1. The van der Waals surface area contributed by atoms with Gasteiger partial charge in [0.15, 0.2) is 0 Å². The predicted octanol–water partition coefficient (Wildman–Crippen LogP) is 2.64. The zero-order valence-electron chi connectivity index (χ0n) is 11.2. The van der Waals surface area contributed by atoms with Gasteiger partial charge in [-0.3, -0.25) is 4.79 Å². The second-order valence-corrected chi connectivity index (χ2v) is 4.57. The molecule has 1 N–H and O–H groups in total. The van der Waals surface area contributed by atoms with Gasteiger partial charge in [-0.2, -0.15) is 5.10 Å². The summed E-state index contributed by atoms with van der Waals surface area (Å²) in [4.78, 5) is 15.8. The molecule has 100 valence electrons. The van der Waals surface area contributed by atoms with Crippen LogP contribution in [0.15, 0.2) is 36.9 Å². The van der Waals surface area contributed by atoms with Gasteiger partial charge in [-0.05, 0) is 30.7 Å². The summed E-state index contributed by atoms with van der Waals surface area (Å²) in [6.07, 6.45) is 5.04. The van der Waals surface area contributed by atoms with Gasteiger partial charge in [-0.1, -0.05) is 20.3 Å². The van der Waals surface area contributed by atoms with Crippen LogP contribution in [0.2, 0.25) is 0 Å². The Bertz CT molecular complexity index is 519. The van der Waals surface area contributed by atoms with E-state index in [4.69, 9.17) is 0 Å². The number of amides is 1.